The number of amides is 1. The highest BCUT2D eigenvalue weighted by Crippen LogP contribution is 2.31. The average Bonchev–Trinajstić information content (AvgIpc) is 3.57. The summed E-state index contributed by atoms with van der Waals surface area (Å²) in [6.45, 7) is 3.36. The summed E-state index contributed by atoms with van der Waals surface area (Å²) in [4.78, 5) is 28.8. The normalized spacial score (nSPS) is 17.6. The van der Waals surface area contributed by atoms with Gasteiger partial charge in [0.2, 0.25) is 0 Å². The number of quaternary nitrogens is 1. The number of carbonyl (C=O) groups is 2. The SMILES string of the molecule is O=C(OCc1ccccc1)c1ccc(N(Cc2ccc(C3CCOC3)cc2)C(=O)[C@H]2CC[NH2+]2)cc1OCc1ccccc1. The number of hydrogen-bond donors (Lipinski definition) is 1. The minimum Gasteiger partial charge on any atom is -0.488 e. The molecule has 0 aromatic heterocycles. The number of anilines is 1. The Morgan fingerprint density at radius 3 is 2.14 bits per heavy atom. The first kappa shape index (κ1) is 28.6. The molecule has 7 heteroatoms. The zero-order chi connectivity index (χ0) is 29.4. The van der Waals surface area contributed by atoms with E-state index in [2.05, 4.69) is 29.6 Å². The van der Waals surface area contributed by atoms with Crippen LogP contribution in [-0.4, -0.2) is 37.7 Å². The molecule has 1 unspecified atom stereocenters. The van der Waals surface area contributed by atoms with Crippen molar-refractivity contribution >= 4 is 17.6 Å². The fourth-order valence-electron chi connectivity index (χ4n) is 5.43. The van der Waals surface area contributed by atoms with Crippen molar-refractivity contribution in [2.45, 2.75) is 44.6 Å². The quantitative estimate of drug-likeness (QED) is 0.254. The van der Waals surface area contributed by atoms with Crippen LogP contribution >= 0.6 is 0 Å². The van der Waals surface area contributed by atoms with Crippen molar-refractivity contribution < 1.29 is 29.1 Å². The summed E-state index contributed by atoms with van der Waals surface area (Å²) in [5.41, 5.74) is 5.18. The smallest absolute Gasteiger partial charge is 0.342 e. The fourth-order valence-corrected chi connectivity index (χ4v) is 5.43. The largest absolute Gasteiger partial charge is 0.488 e. The Balaban J connectivity index is 1.27. The number of ether oxygens (including phenoxy) is 3. The van der Waals surface area contributed by atoms with E-state index in [4.69, 9.17) is 14.2 Å². The summed E-state index contributed by atoms with van der Waals surface area (Å²) in [7, 11) is 0. The van der Waals surface area contributed by atoms with Gasteiger partial charge in [0.15, 0.2) is 6.04 Å². The molecule has 2 fully saturated rings. The van der Waals surface area contributed by atoms with Gasteiger partial charge in [0, 0.05) is 24.3 Å². The van der Waals surface area contributed by atoms with E-state index in [1.807, 2.05) is 71.6 Å². The molecule has 0 bridgehead atoms. The maximum absolute atomic E-state index is 13.7. The molecule has 6 rings (SSSR count). The van der Waals surface area contributed by atoms with E-state index in [1.165, 1.54) is 5.56 Å². The van der Waals surface area contributed by atoms with Gasteiger partial charge in [-0.25, -0.2) is 4.79 Å². The highest BCUT2D eigenvalue weighted by atomic mass is 16.5. The Bertz CT molecular complexity index is 1510. The molecular formula is C36H37N2O5+. The van der Waals surface area contributed by atoms with Crippen molar-refractivity contribution in [2.75, 3.05) is 24.7 Å². The lowest BCUT2D eigenvalue weighted by molar-refractivity contribution is -0.729. The standard InChI is InChI=1S/C36H36N2O5/c39-35(33-17-19-37-33)38(22-26-11-13-29(14-12-26)30-18-20-41-25-30)31-15-16-32(36(40)43-24-28-9-5-2-6-10-28)34(21-31)42-23-27-7-3-1-4-8-27/h1-16,21,30,33,37H,17-20,22-25H2/p+1/t30?,33-/m1/s1. The van der Waals surface area contributed by atoms with Crippen LogP contribution in [0.5, 0.6) is 5.75 Å². The molecule has 2 heterocycles. The van der Waals surface area contributed by atoms with Gasteiger partial charge < -0.3 is 24.4 Å². The van der Waals surface area contributed by atoms with Crippen molar-refractivity contribution in [1.82, 2.24) is 0 Å². The Hall–Kier alpha value is -4.46. The summed E-state index contributed by atoms with van der Waals surface area (Å²) >= 11 is 0. The van der Waals surface area contributed by atoms with Crippen molar-refractivity contribution in [3.63, 3.8) is 0 Å². The van der Waals surface area contributed by atoms with Gasteiger partial charge in [-0.3, -0.25) is 4.79 Å². The molecule has 4 aromatic rings. The van der Waals surface area contributed by atoms with Crippen molar-refractivity contribution in [3.05, 3.63) is 131 Å². The minimum atomic E-state index is -0.477. The van der Waals surface area contributed by atoms with Crippen LogP contribution in [0.1, 0.15) is 51.4 Å². The number of carbonyl (C=O) groups excluding carboxylic acids is 2. The van der Waals surface area contributed by atoms with Crippen LogP contribution in [0.25, 0.3) is 0 Å². The number of hydrogen-bond acceptors (Lipinski definition) is 5. The molecule has 43 heavy (non-hydrogen) atoms. The number of benzene rings is 4. The van der Waals surface area contributed by atoms with E-state index in [9.17, 15) is 9.59 Å². The fraction of sp³-hybridized carbons (Fsp3) is 0.278. The zero-order valence-electron chi connectivity index (χ0n) is 24.2. The van der Waals surface area contributed by atoms with Gasteiger partial charge in [-0.15, -0.1) is 0 Å². The summed E-state index contributed by atoms with van der Waals surface area (Å²) in [5.74, 6) is 0.379. The molecule has 2 saturated heterocycles. The first-order valence-corrected chi connectivity index (χ1v) is 15.0. The minimum absolute atomic E-state index is 0.0490. The highest BCUT2D eigenvalue weighted by Gasteiger charge is 2.34. The van der Waals surface area contributed by atoms with Crippen molar-refractivity contribution in [2.24, 2.45) is 0 Å². The monoisotopic (exact) mass is 577 g/mol. The van der Waals surface area contributed by atoms with Crippen LogP contribution in [-0.2, 0) is 34.0 Å². The summed E-state index contributed by atoms with van der Waals surface area (Å²) in [6, 6.07) is 33.1. The third-order valence-corrected chi connectivity index (χ3v) is 8.18. The van der Waals surface area contributed by atoms with Crippen LogP contribution in [0.15, 0.2) is 103 Å². The van der Waals surface area contributed by atoms with Crippen LogP contribution in [0, 0.1) is 0 Å². The summed E-state index contributed by atoms with van der Waals surface area (Å²) in [5, 5.41) is 2.07. The summed E-state index contributed by atoms with van der Waals surface area (Å²) in [6.07, 6.45) is 1.88. The molecule has 0 aliphatic carbocycles. The third kappa shape index (κ3) is 7.13. The van der Waals surface area contributed by atoms with Crippen molar-refractivity contribution in [3.8, 4) is 5.75 Å². The second-order valence-corrected chi connectivity index (χ2v) is 11.2. The van der Waals surface area contributed by atoms with Gasteiger partial charge in [-0.1, -0.05) is 84.9 Å². The molecule has 2 atom stereocenters. The van der Waals surface area contributed by atoms with Gasteiger partial charge in [-0.05, 0) is 40.8 Å². The number of nitrogens with two attached hydrogens (primary N) is 1. The number of nitrogens with zero attached hydrogens (tertiary/aromatic N) is 1. The topological polar surface area (TPSA) is 81.7 Å². The van der Waals surface area contributed by atoms with Gasteiger partial charge in [0.25, 0.3) is 5.91 Å². The molecule has 0 radical (unpaired) electrons. The molecule has 7 nitrogen and oxygen atoms in total. The maximum atomic E-state index is 13.7. The number of esters is 1. The van der Waals surface area contributed by atoms with Crippen molar-refractivity contribution in [1.29, 1.82) is 0 Å². The van der Waals surface area contributed by atoms with Crippen LogP contribution in [0.2, 0.25) is 0 Å². The van der Waals surface area contributed by atoms with Crippen LogP contribution in [0.4, 0.5) is 5.69 Å². The average molecular weight is 578 g/mol. The molecule has 2 aliphatic rings. The van der Waals surface area contributed by atoms with Gasteiger partial charge >= 0.3 is 5.97 Å². The van der Waals surface area contributed by atoms with E-state index < -0.39 is 5.97 Å². The molecule has 4 aromatic carbocycles. The predicted molar refractivity (Wildman–Crippen MR) is 164 cm³/mol. The molecule has 2 aliphatic heterocycles. The Labute approximate surface area is 252 Å². The van der Waals surface area contributed by atoms with E-state index in [1.54, 1.807) is 12.1 Å². The first-order chi connectivity index (χ1) is 21.1. The molecule has 0 saturated carbocycles. The molecule has 1 amide bonds. The van der Waals surface area contributed by atoms with E-state index >= 15 is 0 Å². The zero-order valence-corrected chi connectivity index (χ0v) is 24.2. The first-order valence-electron chi connectivity index (χ1n) is 15.0. The van der Waals surface area contributed by atoms with Gasteiger partial charge in [0.1, 0.15) is 24.5 Å². The summed E-state index contributed by atoms with van der Waals surface area (Å²) < 4.78 is 17.5. The van der Waals surface area contributed by atoms with E-state index in [-0.39, 0.29) is 25.2 Å². The van der Waals surface area contributed by atoms with Crippen LogP contribution < -0.4 is 15.0 Å². The van der Waals surface area contributed by atoms with E-state index in [0.29, 0.717) is 29.5 Å². The van der Waals surface area contributed by atoms with Gasteiger partial charge in [0.05, 0.1) is 26.1 Å². The molecular weight excluding hydrogens is 540 g/mol. The van der Waals surface area contributed by atoms with Crippen LogP contribution in [0.3, 0.4) is 0 Å². The Morgan fingerprint density at radius 1 is 0.814 bits per heavy atom. The lowest BCUT2D eigenvalue weighted by Crippen LogP contribution is -3.01. The second kappa shape index (κ2) is 13.7. The van der Waals surface area contributed by atoms with E-state index in [0.717, 1.165) is 49.3 Å². The van der Waals surface area contributed by atoms with Gasteiger partial charge in [-0.2, -0.15) is 0 Å². The maximum Gasteiger partial charge on any atom is 0.342 e. The number of rotatable bonds is 11. The molecule has 220 valence electrons. The lowest BCUT2D eigenvalue weighted by atomic mass is 9.97. The highest BCUT2D eigenvalue weighted by molar-refractivity contribution is 5.98. The molecule has 2 N–H and O–H groups in total. The Morgan fingerprint density at radius 2 is 1.51 bits per heavy atom. The Kier molecular flexibility index (Phi) is 9.11. The molecule has 0 spiro atoms. The second-order valence-electron chi connectivity index (χ2n) is 11.2. The predicted octanol–water partition coefficient (Wildman–Crippen LogP) is 5.00. The lowest BCUT2D eigenvalue weighted by Gasteiger charge is -2.30. The third-order valence-electron chi connectivity index (χ3n) is 8.18.